The van der Waals surface area contributed by atoms with Gasteiger partial charge in [0.1, 0.15) is 11.3 Å². The Morgan fingerprint density at radius 2 is 1.76 bits per heavy atom. The molecule has 0 aliphatic heterocycles. The third-order valence-corrected chi connectivity index (χ3v) is 3.18. The van der Waals surface area contributed by atoms with Gasteiger partial charge in [-0.25, -0.2) is 0 Å². The van der Waals surface area contributed by atoms with E-state index in [-0.39, 0.29) is 16.4 Å². The second kappa shape index (κ2) is 5.56. The molecule has 0 saturated carbocycles. The van der Waals surface area contributed by atoms with E-state index in [1.54, 1.807) is 0 Å². The zero-order valence-electron chi connectivity index (χ0n) is 12.7. The summed E-state index contributed by atoms with van der Waals surface area (Å²) in [5.74, 6) is 0.425. The number of amides is 1. The molecule has 0 saturated heterocycles. The molecule has 0 spiro atoms. The monoisotopic (exact) mass is 285 g/mol. The van der Waals surface area contributed by atoms with Crippen LogP contribution in [0.4, 0.5) is 0 Å². The van der Waals surface area contributed by atoms with Gasteiger partial charge in [0.05, 0.1) is 0 Å². The topological polar surface area (TPSA) is 59.3 Å². The molecule has 0 aliphatic carbocycles. The van der Waals surface area contributed by atoms with Crippen molar-refractivity contribution >= 4 is 5.91 Å². The van der Waals surface area contributed by atoms with Crippen LogP contribution in [0.2, 0.25) is 0 Å². The van der Waals surface area contributed by atoms with Crippen molar-refractivity contribution in [3.8, 4) is 11.3 Å². The van der Waals surface area contributed by atoms with Gasteiger partial charge in [0, 0.05) is 24.1 Å². The third kappa shape index (κ3) is 3.05. The van der Waals surface area contributed by atoms with Crippen molar-refractivity contribution in [1.82, 2.24) is 5.32 Å². The molecule has 1 N–H and O–H groups in total. The van der Waals surface area contributed by atoms with E-state index in [1.807, 2.05) is 51.1 Å². The molecule has 0 unspecified atom stereocenters. The van der Waals surface area contributed by atoms with Crippen molar-refractivity contribution in [2.75, 3.05) is 7.05 Å². The number of rotatable bonds is 2. The summed E-state index contributed by atoms with van der Waals surface area (Å²) in [6.45, 7) is 5.87. The molecule has 21 heavy (non-hydrogen) atoms. The highest BCUT2D eigenvalue weighted by atomic mass is 16.3. The Balaban J connectivity index is 2.78. The Morgan fingerprint density at radius 3 is 2.29 bits per heavy atom. The van der Waals surface area contributed by atoms with Gasteiger partial charge in [-0.05, 0) is 0 Å². The molecule has 1 amide bonds. The second-order valence-electron chi connectivity index (χ2n) is 5.87. The summed E-state index contributed by atoms with van der Waals surface area (Å²) >= 11 is 0. The minimum atomic E-state index is -0.442. The zero-order valence-corrected chi connectivity index (χ0v) is 12.7. The molecule has 110 valence electrons. The van der Waals surface area contributed by atoms with Gasteiger partial charge in [-0.15, -0.1) is 0 Å². The largest absolute Gasteiger partial charge is 0.459 e. The fourth-order valence-electron chi connectivity index (χ4n) is 2.00. The molecule has 0 fully saturated rings. The van der Waals surface area contributed by atoms with Crippen LogP contribution in [-0.4, -0.2) is 13.0 Å². The Hall–Kier alpha value is -2.36. The molecule has 1 aromatic heterocycles. The first-order valence-electron chi connectivity index (χ1n) is 6.80. The van der Waals surface area contributed by atoms with Gasteiger partial charge in [0.25, 0.3) is 5.91 Å². The van der Waals surface area contributed by atoms with Crippen LogP contribution >= 0.6 is 0 Å². The molecule has 4 heteroatoms. The number of hydrogen-bond donors (Lipinski definition) is 1. The van der Waals surface area contributed by atoms with Gasteiger partial charge in [-0.3, -0.25) is 9.59 Å². The standard InChI is InChI=1S/C17H19NO3/c1-17(2,3)13-10-12(19)14(16(20)18-4)15(21-13)11-8-6-5-7-9-11/h5-10H,1-4H3,(H,18,20). The Morgan fingerprint density at radius 1 is 1.14 bits per heavy atom. The highest BCUT2D eigenvalue weighted by Crippen LogP contribution is 2.28. The van der Waals surface area contributed by atoms with E-state index >= 15 is 0 Å². The first kappa shape index (κ1) is 15.0. The Labute approximate surface area is 123 Å². The lowest BCUT2D eigenvalue weighted by atomic mass is 9.92. The summed E-state index contributed by atoms with van der Waals surface area (Å²) in [6, 6.07) is 10.6. The van der Waals surface area contributed by atoms with E-state index in [4.69, 9.17) is 4.42 Å². The number of nitrogens with one attached hydrogen (secondary N) is 1. The van der Waals surface area contributed by atoms with Gasteiger partial charge >= 0.3 is 0 Å². The molecule has 0 aliphatic rings. The maximum Gasteiger partial charge on any atom is 0.258 e. The maximum atomic E-state index is 12.4. The van der Waals surface area contributed by atoms with Crippen molar-refractivity contribution < 1.29 is 9.21 Å². The molecule has 0 atom stereocenters. The predicted molar refractivity (Wildman–Crippen MR) is 82.5 cm³/mol. The smallest absolute Gasteiger partial charge is 0.258 e. The SMILES string of the molecule is CNC(=O)c1c(-c2ccccc2)oc(C(C)(C)C)cc1=O. The van der Waals surface area contributed by atoms with Crippen LogP contribution in [0.3, 0.4) is 0 Å². The van der Waals surface area contributed by atoms with Gasteiger partial charge in [0.2, 0.25) is 0 Å². The fraction of sp³-hybridized carbons (Fsp3) is 0.294. The fourth-order valence-corrected chi connectivity index (χ4v) is 2.00. The molecule has 2 rings (SSSR count). The summed E-state index contributed by atoms with van der Waals surface area (Å²) < 4.78 is 5.90. The van der Waals surface area contributed by atoms with E-state index in [9.17, 15) is 9.59 Å². The summed E-state index contributed by atoms with van der Waals surface area (Å²) in [6.07, 6.45) is 0. The summed E-state index contributed by atoms with van der Waals surface area (Å²) in [7, 11) is 1.49. The minimum Gasteiger partial charge on any atom is -0.459 e. The van der Waals surface area contributed by atoms with Crippen LogP contribution in [0.5, 0.6) is 0 Å². The normalized spacial score (nSPS) is 11.2. The average Bonchev–Trinajstić information content (AvgIpc) is 2.45. The first-order valence-corrected chi connectivity index (χ1v) is 6.80. The van der Waals surface area contributed by atoms with Gasteiger partial charge in [-0.1, -0.05) is 51.1 Å². The van der Waals surface area contributed by atoms with E-state index in [0.29, 0.717) is 17.1 Å². The summed E-state index contributed by atoms with van der Waals surface area (Å²) in [5, 5.41) is 2.49. The average molecular weight is 285 g/mol. The molecule has 1 heterocycles. The van der Waals surface area contributed by atoms with Crippen LogP contribution in [0.1, 0.15) is 36.9 Å². The quantitative estimate of drug-likeness (QED) is 0.922. The Bertz CT molecular complexity index is 709. The van der Waals surface area contributed by atoms with Crippen LogP contribution in [0, 0.1) is 0 Å². The molecular formula is C17H19NO3. The number of carbonyl (C=O) groups is 1. The van der Waals surface area contributed by atoms with Crippen molar-refractivity contribution in [2.45, 2.75) is 26.2 Å². The van der Waals surface area contributed by atoms with Crippen LogP contribution < -0.4 is 10.7 Å². The highest BCUT2D eigenvalue weighted by molar-refractivity contribution is 5.99. The maximum absolute atomic E-state index is 12.4. The van der Waals surface area contributed by atoms with Gasteiger partial charge < -0.3 is 9.73 Å². The molecule has 0 bridgehead atoms. The first-order chi connectivity index (χ1) is 9.84. The molecule has 1 aromatic carbocycles. The van der Waals surface area contributed by atoms with Gasteiger partial charge in [-0.2, -0.15) is 0 Å². The van der Waals surface area contributed by atoms with Crippen molar-refractivity contribution in [2.24, 2.45) is 0 Å². The Kier molecular flexibility index (Phi) is 3.98. The summed E-state index contributed by atoms with van der Waals surface area (Å²) in [4.78, 5) is 24.4. The van der Waals surface area contributed by atoms with Crippen molar-refractivity contribution in [3.05, 3.63) is 57.9 Å². The number of carbonyl (C=O) groups excluding carboxylic acids is 1. The lowest BCUT2D eigenvalue weighted by Crippen LogP contribution is -2.27. The van der Waals surface area contributed by atoms with Crippen LogP contribution in [-0.2, 0) is 5.41 Å². The van der Waals surface area contributed by atoms with Crippen molar-refractivity contribution in [1.29, 1.82) is 0 Å². The lowest BCUT2D eigenvalue weighted by molar-refractivity contribution is 0.0960. The summed E-state index contributed by atoms with van der Waals surface area (Å²) in [5.41, 5.74) is 0.101. The van der Waals surface area contributed by atoms with Crippen LogP contribution in [0.25, 0.3) is 11.3 Å². The second-order valence-corrected chi connectivity index (χ2v) is 5.87. The van der Waals surface area contributed by atoms with Crippen LogP contribution in [0.15, 0.2) is 45.6 Å². The zero-order chi connectivity index (χ0) is 15.6. The molecular weight excluding hydrogens is 266 g/mol. The van der Waals surface area contributed by atoms with E-state index in [2.05, 4.69) is 5.32 Å². The van der Waals surface area contributed by atoms with E-state index < -0.39 is 5.91 Å². The number of hydrogen-bond acceptors (Lipinski definition) is 3. The highest BCUT2D eigenvalue weighted by Gasteiger charge is 2.24. The molecule has 0 radical (unpaired) electrons. The number of benzene rings is 1. The van der Waals surface area contributed by atoms with Crippen molar-refractivity contribution in [3.63, 3.8) is 0 Å². The molecule has 4 nitrogen and oxygen atoms in total. The van der Waals surface area contributed by atoms with E-state index in [0.717, 1.165) is 0 Å². The van der Waals surface area contributed by atoms with E-state index in [1.165, 1.54) is 13.1 Å². The molecule has 2 aromatic rings. The predicted octanol–water partition coefficient (Wildman–Crippen LogP) is 2.96. The lowest BCUT2D eigenvalue weighted by Gasteiger charge is -2.19. The van der Waals surface area contributed by atoms with Gasteiger partial charge in [0.15, 0.2) is 11.2 Å². The minimum absolute atomic E-state index is 0.0386. The third-order valence-electron chi connectivity index (χ3n) is 3.18.